The molecule has 0 aromatic heterocycles. The third-order valence-electron chi connectivity index (χ3n) is 5.42. The molecule has 4 amide bonds. The zero-order valence-electron chi connectivity index (χ0n) is 17.6. The molecule has 0 unspecified atom stereocenters. The average molecular weight is 546 g/mol. The molecule has 34 heavy (non-hydrogen) atoms. The summed E-state index contributed by atoms with van der Waals surface area (Å²) in [6, 6.07) is 8.80. The molecule has 8 nitrogen and oxygen atoms in total. The molecule has 0 heterocycles. The van der Waals surface area contributed by atoms with Crippen LogP contribution in [-0.4, -0.2) is 23.6 Å². The zero-order chi connectivity index (χ0) is 24.8. The summed E-state index contributed by atoms with van der Waals surface area (Å²) in [4.78, 5) is 49.3. The number of hydrazine groups is 2. The number of rotatable bonds is 4. The van der Waals surface area contributed by atoms with E-state index in [0.29, 0.717) is 35.7 Å². The number of benzene rings is 2. The number of amides is 4. The highest BCUT2D eigenvalue weighted by Crippen LogP contribution is 2.29. The maximum Gasteiger partial charge on any atom is 0.271 e. The SMILES string of the molecule is O=C(NNC(=O)C1CCC(C(=O)NNC(=O)c2ccc(Cl)cc2Cl)CC1)c1ccc(Cl)cc1Cl. The van der Waals surface area contributed by atoms with Gasteiger partial charge in [0.15, 0.2) is 0 Å². The highest BCUT2D eigenvalue weighted by molar-refractivity contribution is 6.37. The first-order valence-corrected chi connectivity index (χ1v) is 11.8. The second kappa shape index (κ2) is 11.8. The van der Waals surface area contributed by atoms with Crippen LogP contribution in [0, 0.1) is 11.8 Å². The molecule has 0 saturated heterocycles. The average Bonchev–Trinajstić information content (AvgIpc) is 2.80. The van der Waals surface area contributed by atoms with Gasteiger partial charge in [0.05, 0.1) is 21.2 Å². The number of nitrogens with one attached hydrogen (secondary N) is 4. The van der Waals surface area contributed by atoms with Crippen LogP contribution < -0.4 is 21.7 Å². The van der Waals surface area contributed by atoms with Crippen LogP contribution in [0.1, 0.15) is 46.4 Å². The van der Waals surface area contributed by atoms with E-state index in [2.05, 4.69) is 21.7 Å². The third kappa shape index (κ3) is 6.76. The van der Waals surface area contributed by atoms with E-state index in [-0.39, 0.29) is 44.8 Å². The van der Waals surface area contributed by atoms with Crippen LogP contribution in [0.15, 0.2) is 36.4 Å². The summed E-state index contributed by atoms with van der Waals surface area (Å²) in [5.74, 6) is -2.59. The molecular weight excluding hydrogens is 526 g/mol. The van der Waals surface area contributed by atoms with Gasteiger partial charge in [-0.1, -0.05) is 46.4 Å². The Hall–Kier alpha value is -2.52. The molecule has 0 atom stereocenters. The van der Waals surface area contributed by atoms with E-state index >= 15 is 0 Å². The number of hydrogen-bond donors (Lipinski definition) is 4. The summed E-state index contributed by atoms with van der Waals surface area (Å²) in [7, 11) is 0. The van der Waals surface area contributed by atoms with E-state index in [1.54, 1.807) is 0 Å². The molecule has 4 N–H and O–H groups in total. The van der Waals surface area contributed by atoms with Gasteiger partial charge in [-0.05, 0) is 62.1 Å². The van der Waals surface area contributed by atoms with Gasteiger partial charge in [0.1, 0.15) is 0 Å². The van der Waals surface area contributed by atoms with Crippen molar-refractivity contribution in [3.63, 3.8) is 0 Å². The fourth-order valence-electron chi connectivity index (χ4n) is 3.54. The van der Waals surface area contributed by atoms with Gasteiger partial charge in [0, 0.05) is 21.9 Å². The van der Waals surface area contributed by atoms with Crippen LogP contribution in [0.25, 0.3) is 0 Å². The molecular formula is C22H20Cl4N4O4. The first-order chi connectivity index (χ1) is 16.2. The van der Waals surface area contributed by atoms with Crippen LogP contribution in [0.2, 0.25) is 20.1 Å². The Morgan fingerprint density at radius 3 is 1.26 bits per heavy atom. The maximum absolute atomic E-state index is 12.4. The molecule has 1 fully saturated rings. The molecule has 12 heteroatoms. The number of carbonyl (C=O) groups excluding carboxylic acids is 4. The van der Waals surface area contributed by atoms with E-state index < -0.39 is 11.8 Å². The summed E-state index contributed by atoms with van der Waals surface area (Å²) >= 11 is 23.6. The van der Waals surface area contributed by atoms with Gasteiger partial charge in [-0.15, -0.1) is 0 Å². The quantitative estimate of drug-likeness (QED) is 0.428. The Morgan fingerprint density at radius 1 is 0.588 bits per heavy atom. The summed E-state index contributed by atoms with van der Waals surface area (Å²) in [6.07, 6.45) is 1.77. The van der Waals surface area contributed by atoms with Crippen molar-refractivity contribution in [2.24, 2.45) is 11.8 Å². The minimum absolute atomic E-state index is 0.163. The van der Waals surface area contributed by atoms with E-state index in [1.807, 2.05) is 0 Å². The molecule has 180 valence electrons. The molecule has 0 spiro atoms. The highest BCUT2D eigenvalue weighted by Gasteiger charge is 2.30. The summed E-state index contributed by atoms with van der Waals surface area (Å²) in [6.45, 7) is 0. The first kappa shape index (κ1) is 26.1. The smallest absolute Gasteiger partial charge is 0.271 e. The van der Waals surface area contributed by atoms with Gasteiger partial charge in [0.2, 0.25) is 11.8 Å². The van der Waals surface area contributed by atoms with Gasteiger partial charge in [-0.2, -0.15) is 0 Å². The summed E-state index contributed by atoms with van der Waals surface area (Å²) in [5, 5.41) is 1.10. The van der Waals surface area contributed by atoms with E-state index in [9.17, 15) is 19.2 Å². The zero-order valence-corrected chi connectivity index (χ0v) is 20.6. The topological polar surface area (TPSA) is 116 Å². The minimum Gasteiger partial charge on any atom is -0.273 e. The molecule has 2 aromatic carbocycles. The second-order valence-electron chi connectivity index (χ2n) is 7.68. The van der Waals surface area contributed by atoms with Crippen LogP contribution in [-0.2, 0) is 9.59 Å². The van der Waals surface area contributed by atoms with Crippen LogP contribution in [0.4, 0.5) is 0 Å². The molecule has 1 saturated carbocycles. The predicted molar refractivity (Wildman–Crippen MR) is 130 cm³/mol. The monoisotopic (exact) mass is 544 g/mol. The summed E-state index contributed by atoms with van der Waals surface area (Å²) in [5.41, 5.74) is 9.81. The fraction of sp³-hybridized carbons (Fsp3) is 0.273. The van der Waals surface area contributed by atoms with Crippen molar-refractivity contribution in [2.75, 3.05) is 0 Å². The second-order valence-corrected chi connectivity index (χ2v) is 9.37. The number of carbonyl (C=O) groups is 4. The highest BCUT2D eigenvalue weighted by atomic mass is 35.5. The van der Waals surface area contributed by atoms with Crippen molar-refractivity contribution < 1.29 is 19.2 Å². The van der Waals surface area contributed by atoms with Crippen molar-refractivity contribution in [3.8, 4) is 0 Å². The Bertz CT molecular complexity index is 1030. The number of halogens is 4. The lowest BCUT2D eigenvalue weighted by Gasteiger charge is -2.27. The van der Waals surface area contributed by atoms with Crippen LogP contribution in [0.5, 0.6) is 0 Å². The van der Waals surface area contributed by atoms with Crippen molar-refractivity contribution in [1.82, 2.24) is 21.7 Å². The first-order valence-electron chi connectivity index (χ1n) is 10.3. The largest absolute Gasteiger partial charge is 0.273 e. The normalized spacial score (nSPS) is 17.4. The third-order valence-corrected chi connectivity index (χ3v) is 6.51. The molecule has 0 aliphatic heterocycles. The van der Waals surface area contributed by atoms with Crippen LogP contribution >= 0.6 is 46.4 Å². The van der Waals surface area contributed by atoms with Crippen molar-refractivity contribution in [2.45, 2.75) is 25.7 Å². The van der Waals surface area contributed by atoms with Crippen LogP contribution in [0.3, 0.4) is 0 Å². The van der Waals surface area contributed by atoms with Gasteiger partial charge >= 0.3 is 0 Å². The van der Waals surface area contributed by atoms with Crippen molar-refractivity contribution in [1.29, 1.82) is 0 Å². The van der Waals surface area contributed by atoms with Gasteiger partial charge in [0.25, 0.3) is 11.8 Å². The molecule has 3 rings (SSSR count). The van der Waals surface area contributed by atoms with E-state index in [4.69, 9.17) is 46.4 Å². The Kier molecular flexibility index (Phi) is 9.02. The van der Waals surface area contributed by atoms with Gasteiger partial charge in [-0.25, -0.2) is 0 Å². The van der Waals surface area contributed by atoms with E-state index in [1.165, 1.54) is 36.4 Å². The fourth-order valence-corrected chi connectivity index (χ4v) is 4.53. The predicted octanol–water partition coefficient (Wildman–Crippen LogP) is 4.33. The maximum atomic E-state index is 12.4. The molecule has 0 bridgehead atoms. The molecule has 2 aromatic rings. The van der Waals surface area contributed by atoms with Gasteiger partial charge < -0.3 is 0 Å². The van der Waals surface area contributed by atoms with Crippen molar-refractivity contribution >= 4 is 70.0 Å². The Labute approximate surface area is 215 Å². The summed E-state index contributed by atoms with van der Waals surface area (Å²) < 4.78 is 0. The van der Waals surface area contributed by atoms with E-state index in [0.717, 1.165) is 0 Å². The molecule has 1 aliphatic rings. The lowest BCUT2D eigenvalue weighted by atomic mass is 9.81. The Morgan fingerprint density at radius 2 is 0.941 bits per heavy atom. The minimum atomic E-state index is -0.570. The standard InChI is InChI=1S/C22H20Cl4N4O4/c23-13-5-7-15(17(25)9-13)21(33)29-27-19(31)11-1-2-12(4-3-11)20(32)28-30-22(34)16-8-6-14(24)10-18(16)26/h5-12H,1-4H2,(H,27,31)(H,28,32)(H,29,33)(H,30,34). The van der Waals surface area contributed by atoms with Crippen molar-refractivity contribution in [3.05, 3.63) is 67.6 Å². The Balaban J connectivity index is 1.42. The lowest BCUT2D eigenvalue weighted by molar-refractivity contribution is -0.131. The molecule has 0 radical (unpaired) electrons. The molecule has 1 aliphatic carbocycles. The number of hydrogen-bond acceptors (Lipinski definition) is 4. The lowest BCUT2D eigenvalue weighted by Crippen LogP contribution is -2.47. The van der Waals surface area contributed by atoms with Gasteiger partial charge in [-0.3, -0.25) is 40.9 Å².